The Hall–Kier alpha value is -4.87. The summed E-state index contributed by atoms with van der Waals surface area (Å²) >= 11 is 0. The number of ether oxygens (including phenoxy) is 1. The first-order valence-electron chi connectivity index (χ1n) is 10.7. The quantitative estimate of drug-likeness (QED) is 0.350. The largest absolute Gasteiger partial charge is 0.380 e. The van der Waals surface area contributed by atoms with Gasteiger partial charge in [0.25, 0.3) is 11.8 Å². The van der Waals surface area contributed by atoms with E-state index in [0.717, 1.165) is 0 Å². The molecule has 2 amide bonds. The number of hydrogen-bond acceptors (Lipinski definition) is 11. The Morgan fingerprint density at radius 2 is 2.19 bits per heavy atom. The highest BCUT2D eigenvalue weighted by atomic mass is 16.5. The van der Waals surface area contributed by atoms with Gasteiger partial charge in [-0.2, -0.15) is 10.4 Å². The van der Waals surface area contributed by atoms with Gasteiger partial charge in [-0.1, -0.05) is 5.16 Å². The van der Waals surface area contributed by atoms with Crippen LogP contribution in [0.1, 0.15) is 12.6 Å². The van der Waals surface area contributed by atoms with Crippen LogP contribution in [-0.2, 0) is 14.3 Å². The Balaban J connectivity index is 1.34. The molecule has 0 radical (unpaired) electrons. The van der Waals surface area contributed by atoms with Crippen molar-refractivity contribution in [2.45, 2.75) is 18.6 Å². The number of nitrogen functional groups attached to an aromatic ring is 1. The predicted molar refractivity (Wildman–Crippen MR) is 124 cm³/mol. The van der Waals surface area contributed by atoms with Gasteiger partial charge in [0.1, 0.15) is 6.07 Å². The molecule has 1 fully saturated rings. The van der Waals surface area contributed by atoms with Crippen molar-refractivity contribution in [2.24, 2.45) is 0 Å². The molecule has 4 aromatic rings. The second kappa shape index (κ2) is 8.73. The number of hydrogen-bond donors (Lipinski definition) is 3. The van der Waals surface area contributed by atoms with Gasteiger partial charge < -0.3 is 25.4 Å². The van der Waals surface area contributed by atoms with Gasteiger partial charge in [-0.25, -0.2) is 4.68 Å². The van der Waals surface area contributed by atoms with Crippen LogP contribution < -0.4 is 16.0 Å². The van der Waals surface area contributed by atoms with Crippen molar-refractivity contribution in [1.82, 2.24) is 25.1 Å². The van der Waals surface area contributed by atoms with Crippen molar-refractivity contribution in [3.05, 3.63) is 48.4 Å². The first-order valence-corrected chi connectivity index (χ1v) is 10.7. The van der Waals surface area contributed by atoms with E-state index < -0.39 is 23.5 Å². The van der Waals surface area contributed by atoms with Crippen LogP contribution in [-0.4, -0.2) is 66.9 Å². The maximum Gasteiger partial charge on any atom is 0.260 e. The van der Waals surface area contributed by atoms with E-state index in [0.29, 0.717) is 22.3 Å². The standard InChI is InChI=1S/C22H19N9O5/c1-22(34,21(33)26-12-2-3-15-16(9-12)36-29-19(15)24)18-20(32)30(6-7-35-18)17-4-5-31(28-17)14-8-13(10-23)27-25-11-14/h2-5,8-9,11,18,34H,6-7H2,1H3,(H2,24,29)(H,26,33)/t18-,22+/m0/s1. The third-order valence-corrected chi connectivity index (χ3v) is 5.69. The lowest BCUT2D eigenvalue weighted by Gasteiger charge is -2.37. The molecule has 0 aliphatic carbocycles. The molecule has 2 atom stereocenters. The minimum atomic E-state index is -2.22. The molecule has 0 spiro atoms. The highest BCUT2D eigenvalue weighted by molar-refractivity contribution is 6.06. The maximum absolute atomic E-state index is 13.3. The average molecular weight is 489 g/mol. The van der Waals surface area contributed by atoms with E-state index >= 15 is 0 Å². The number of nitrogens with two attached hydrogens (primary N) is 1. The lowest BCUT2D eigenvalue weighted by Crippen LogP contribution is -2.61. The van der Waals surface area contributed by atoms with E-state index in [2.05, 4.69) is 25.8 Å². The van der Waals surface area contributed by atoms with Crippen LogP contribution in [0.4, 0.5) is 17.3 Å². The summed E-state index contributed by atoms with van der Waals surface area (Å²) in [5.74, 6) is -1.01. The number of fused-ring (bicyclic) bond motifs is 1. The van der Waals surface area contributed by atoms with Gasteiger partial charge in [0.05, 0.1) is 30.4 Å². The molecule has 36 heavy (non-hydrogen) atoms. The van der Waals surface area contributed by atoms with E-state index in [4.69, 9.17) is 20.3 Å². The number of benzene rings is 1. The summed E-state index contributed by atoms with van der Waals surface area (Å²) < 4.78 is 12.0. The second-order valence-electron chi connectivity index (χ2n) is 8.15. The fraction of sp³-hybridized carbons (Fsp3) is 0.227. The Labute approximate surface area is 202 Å². The number of nitrogens with one attached hydrogen (secondary N) is 1. The number of aliphatic hydroxyl groups is 1. The monoisotopic (exact) mass is 489 g/mol. The Kier molecular flexibility index (Phi) is 5.55. The number of nitriles is 1. The third kappa shape index (κ3) is 3.98. The minimum absolute atomic E-state index is 0.0609. The van der Waals surface area contributed by atoms with Gasteiger partial charge in [-0.05, 0) is 19.1 Å². The molecular weight excluding hydrogens is 470 g/mol. The van der Waals surface area contributed by atoms with Crippen LogP contribution in [0, 0.1) is 11.3 Å². The molecule has 1 saturated heterocycles. The minimum Gasteiger partial charge on any atom is -0.380 e. The van der Waals surface area contributed by atoms with Gasteiger partial charge in [0, 0.05) is 30.1 Å². The van der Waals surface area contributed by atoms with Crippen LogP contribution >= 0.6 is 0 Å². The summed E-state index contributed by atoms with van der Waals surface area (Å²) in [5.41, 5.74) is 4.73. The molecule has 1 aliphatic rings. The molecule has 3 aromatic heterocycles. The first-order chi connectivity index (χ1) is 17.3. The van der Waals surface area contributed by atoms with E-state index in [9.17, 15) is 14.7 Å². The van der Waals surface area contributed by atoms with E-state index in [1.54, 1.807) is 24.4 Å². The van der Waals surface area contributed by atoms with Crippen LogP contribution in [0.5, 0.6) is 0 Å². The maximum atomic E-state index is 13.3. The van der Waals surface area contributed by atoms with Crippen LogP contribution in [0.2, 0.25) is 0 Å². The van der Waals surface area contributed by atoms with Gasteiger partial charge in [-0.15, -0.1) is 10.2 Å². The van der Waals surface area contributed by atoms with Crippen molar-refractivity contribution in [3.8, 4) is 11.8 Å². The highest BCUT2D eigenvalue weighted by Crippen LogP contribution is 2.27. The number of morpholine rings is 1. The van der Waals surface area contributed by atoms with Gasteiger partial charge in [0.2, 0.25) is 0 Å². The zero-order valence-electron chi connectivity index (χ0n) is 18.8. The highest BCUT2D eigenvalue weighted by Gasteiger charge is 2.48. The Morgan fingerprint density at radius 3 is 3.00 bits per heavy atom. The molecule has 1 aliphatic heterocycles. The zero-order valence-corrected chi connectivity index (χ0v) is 18.8. The van der Waals surface area contributed by atoms with Crippen molar-refractivity contribution < 1.29 is 24.0 Å². The molecular formula is C22H19N9O5. The molecule has 4 N–H and O–H groups in total. The molecule has 14 nitrogen and oxygen atoms in total. The molecule has 0 bridgehead atoms. The summed E-state index contributed by atoms with van der Waals surface area (Å²) in [5, 5.41) is 38.7. The molecule has 4 heterocycles. The van der Waals surface area contributed by atoms with Crippen molar-refractivity contribution in [2.75, 3.05) is 29.1 Å². The number of aromatic nitrogens is 5. The second-order valence-corrected chi connectivity index (χ2v) is 8.15. The normalized spacial score (nSPS) is 17.5. The fourth-order valence-corrected chi connectivity index (χ4v) is 3.76. The number of amides is 2. The van der Waals surface area contributed by atoms with Crippen molar-refractivity contribution >= 4 is 40.1 Å². The lowest BCUT2D eigenvalue weighted by atomic mass is 9.95. The molecule has 0 saturated carbocycles. The molecule has 0 unspecified atom stereocenters. The number of carbonyl (C=O) groups excluding carboxylic acids is 2. The third-order valence-electron chi connectivity index (χ3n) is 5.69. The number of rotatable bonds is 5. The summed E-state index contributed by atoms with van der Waals surface area (Å²) in [6.45, 7) is 1.42. The Morgan fingerprint density at radius 1 is 1.36 bits per heavy atom. The zero-order chi connectivity index (χ0) is 25.4. The van der Waals surface area contributed by atoms with Crippen molar-refractivity contribution in [3.63, 3.8) is 0 Å². The van der Waals surface area contributed by atoms with Crippen molar-refractivity contribution in [1.29, 1.82) is 5.26 Å². The fourth-order valence-electron chi connectivity index (χ4n) is 3.76. The van der Waals surface area contributed by atoms with Crippen LogP contribution in [0.15, 0.2) is 47.2 Å². The molecule has 1 aromatic carbocycles. The molecule has 182 valence electrons. The molecule has 5 rings (SSSR count). The van der Waals surface area contributed by atoms with Gasteiger partial charge in [-0.3, -0.25) is 14.5 Å². The summed E-state index contributed by atoms with van der Waals surface area (Å²) in [4.78, 5) is 27.5. The Bertz CT molecular complexity index is 1520. The summed E-state index contributed by atoms with van der Waals surface area (Å²) in [6, 6.07) is 9.66. The number of carbonyl (C=O) groups is 2. The van der Waals surface area contributed by atoms with E-state index in [-0.39, 0.29) is 30.5 Å². The topological polar surface area (TPSA) is 198 Å². The lowest BCUT2D eigenvalue weighted by molar-refractivity contribution is -0.165. The SMILES string of the molecule is C[C@](O)(C(=O)Nc1ccc2c(N)noc2c1)[C@H]1OCCN(c2ccn(-c3cnnc(C#N)c3)n2)C1=O. The molecule has 14 heteroatoms. The first kappa shape index (κ1) is 22.9. The van der Waals surface area contributed by atoms with E-state index in [1.165, 1.54) is 34.8 Å². The predicted octanol–water partition coefficient (Wildman–Crippen LogP) is 0.379. The number of anilines is 3. The average Bonchev–Trinajstić information content (AvgIpc) is 3.51. The van der Waals surface area contributed by atoms with Gasteiger partial charge in [0.15, 0.2) is 34.6 Å². The smallest absolute Gasteiger partial charge is 0.260 e. The number of nitrogens with zero attached hydrogens (tertiary/aromatic N) is 7. The summed E-state index contributed by atoms with van der Waals surface area (Å²) in [6.07, 6.45) is 1.51. The van der Waals surface area contributed by atoms with Crippen LogP contribution in [0.25, 0.3) is 16.7 Å². The van der Waals surface area contributed by atoms with E-state index in [1.807, 2.05) is 6.07 Å². The van der Waals surface area contributed by atoms with Crippen LogP contribution in [0.3, 0.4) is 0 Å². The van der Waals surface area contributed by atoms with Gasteiger partial charge >= 0.3 is 0 Å². The summed E-state index contributed by atoms with van der Waals surface area (Å²) in [7, 11) is 0.